The van der Waals surface area contributed by atoms with E-state index < -0.39 is 9.84 Å². The summed E-state index contributed by atoms with van der Waals surface area (Å²) in [4.78, 5) is 18.3. The van der Waals surface area contributed by atoms with Crippen molar-refractivity contribution < 1.29 is 22.5 Å². The number of anilines is 2. The van der Waals surface area contributed by atoms with Crippen molar-refractivity contribution in [2.45, 2.75) is 24.0 Å². The van der Waals surface area contributed by atoms with Gasteiger partial charge >= 0.3 is 0 Å². The van der Waals surface area contributed by atoms with Gasteiger partial charge < -0.3 is 9.26 Å². The van der Waals surface area contributed by atoms with Crippen LogP contribution in [0.25, 0.3) is 0 Å². The van der Waals surface area contributed by atoms with Crippen LogP contribution in [0, 0.1) is 0 Å². The molecule has 0 aliphatic heterocycles. The van der Waals surface area contributed by atoms with Gasteiger partial charge in [0.15, 0.2) is 9.84 Å². The predicted octanol–water partition coefficient (Wildman–Crippen LogP) is 3.89. The molecule has 0 N–H and O–H groups in total. The Morgan fingerprint density at radius 1 is 1.24 bits per heavy atom. The van der Waals surface area contributed by atoms with Crippen molar-refractivity contribution in [2.24, 2.45) is 0 Å². The van der Waals surface area contributed by atoms with Gasteiger partial charge in [0.25, 0.3) is 0 Å². The molecule has 8 nitrogen and oxygen atoms in total. The molecule has 3 aromatic rings. The van der Waals surface area contributed by atoms with Crippen LogP contribution in [0.4, 0.5) is 11.5 Å². The van der Waals surface area contributed by atoms with E-state index in [-0.39, 0.29) is 28.8 Å². The minimum Gasteiger partial charge on any atom is -0.495 e. The lowest BCUT2D eigenvalue weighted by molar-refractivity contribution is -0.117. The van der Waals surface area contributed by atoms with Crippen molar-refractivity contribution in [1.82, 2.24) is 10.1 Å². The maximum absolute atomic E-state index is 12.7. The lowest BCUT2D eigenvalue weighted by Gasteiger charge is -2.23. The molecule has 10 heteroatoms. The summed E-state index contributed by atoms with van der Waals surface area (Å²) in [6, 6.07) is 9.65. The van der Waals surface area contributed by atoms with E-state index in [0.29, 0.717) is 17.1 Å². The number of hydrogen-bond acceptors (Lipinski definition) is 7. The van der Waals surface area contributed by atoms with E-state index in [4.69, 9.17) is 4.74 Å². The second-order valence-electron chi connectivity index (χ2n) is 6.00. The molecule has 0 aliphatic carbocycles. The minimum absolute atomic E-state index is 0.0226. The summed E-state index contributed by atoms with van der Waals surface area (Å²) >= 11 is 3.40. The summed E-state index contributed by atoms with van der Waals surface area (Å²) in [6.45, 7) is 1.73. The fourth-order valence-corrected chi connectivity index (χ4v) is 4.20. The summed E-state index contributed by atoms with van der Waals surface area (Å²) in [5, 5.41) is 3.63. The van der Waals surface area contributed by atoms with E-state index >= 15 is 0 Å². The van der Waals surface area contributed by atoms with Crippen molar-refractivity contribution in [3.63, 3.8) is 0 Å². The van der Waals surface area contributed by atoms with Crippen LogP contribution >= 0.6 is 15.9 Å². The number of pyridine rings is 1. The van der Waals surface area contributed by atoms with Crippen LogP contribution in [0.2, 0.25) is 0 Å². The summed E-state index contributed by atoms with van der Waals surface area (Å²) in [5.41, 5.74) is 0.801. The van der Waals surface area contributed by atoms with Gasteiger partial charge in [-0.15, -0.1) is 0 Å². The maximum Gasteiger partial charge on any atom is 0.232 e. The zero-order valence-electron chi connectivity index (χ0n) is 15.7. The third-order valence-corrected chi connectivity index (χ3v) is 6.20. The van der Waals surface area contributed by atoms with Gasteiger partial charge in [0.2, 0.25) is 5.91 Å². The van der Waals surface area contributed by atoms with E-state index in [2.05, 4.69) is 30.6 Å². The quantitative estimate of drug-likeness (QED) is 0.506. The number of nitrogens with zero attached hydrogens (tertiary/aromatic N) is 3. The third kappa shape index (κ3) is 4.65. The van der Waals surface area contributed by atoms with Crippen LogP contribution in [-0.4, -0.2) is 31.6 Å². The molecule has 29 heavy (non-hydrogen) atoms. The number of carbonyl (C=O) groups excluding carboxylic acids is 1. The van der Waals surface area contributed by atoms with Crippen LogP contribution in [-0.2, 0) is 20.4 Å². The molecule has 2 heterocycles. The van der Waals surface area contributed by atoms with Crippen LogP contribution in [0.1, 0.15) is 19.0 Å². The molecule has 0 bridgehead atoms. The minimum atomic E-state index is -3.66. The number of carbonyl (C=O) groups is 1. The lowest BCUT2D eigenvalue weighted by atomic mass is 10.2. The Balaban J connectivity index is 1.99. The molecule has 3 rings (SSSR count). The molecule has 1 aromatic carbocycles. The largest absolute Gasteiger partial charge is 0.495 e. The Morgan fingerprint density at radius 3 is 2.62 bits per heavy atom. The van der Waals surface area contributed by atoms with Crippen molar-refractivity contribution in [3.8, 4) is 5.75 Å². The first-order chi connectivity index (χ1) is 13.9. The number of halogens is 1. The zero-order chi connectivity index (χ0) is 21.0. The highest BCUT2D eigenvalue weighted by atomic mass is 79.9. The van der Waals surface area contributed by atoms with E-state index in [1.54, 1.807) is 25.1 Å². The summed E-state index contributed by atoms with van der Waals surface area (Å²) in [7, 11) is -2.15. The molecule has 0 fully saturated rings. The third-order valence-electron chi connectivity index (χ3n) is 4.07. The van der Waals surface area contributed by atoms with Gasteiger partial charge in [-0.2, -0.15) is 0 Å². The van der Waals surface area contributed by atoms with E-state index in [1.165, 1.54) is 42.7 Å². The van der Waals surface area contributed by atoms with Gasteiger partial charge in [0.05, 0.1) is 23.4 Å². The van der Waals surface area contributed by atoms with Crippen LogP contribution in [0.15, 0.2) is 62.7 Å². The number of amides is 1. The number of hydrogen-bond donors (Lipinski definition) is 0. The van der Waals surface area contributed by atoms with Crippen molar-refractivity contribution >= 4 is 43.2 Å². The average Bonchev–Trinajstić information content (AvgIpc) is 3.21. The average molecular weight is 480 g/mol. The van der Waals surface area contributed by atoms with Crippen molar-refractivity contribution in [3.05, 3.63) is 59.0 Å². The molecular formula is C19H18BrN3O5S. The Bertz CT molecular complexity index is 1100. The summed E-state index contributed by atoms with van der Waals surface area (Å²) in [5.74, 6) is 0.252. The monoisotopic (exact) mass is 479 g/mol. The van der Waals surface area contributed by atoms with Gasteiger partial charge in [0, 0.05) is 23.2 Å². The number of methoxy groups -OCH3 is 1. The van der Waals surface area contributed by atoms with E-state index in [9.17, 15) is 13.2 Å². The van der Waals surface area contributed by atoms with Gasteiger partial charge in [-0.05, 0) is 30.3 Å². The molecule has 0 aliphatic rings. The number of rotatable bonds is 7. The normalized spacial score (nSPS) is 11.3. The molecule has 0 atom stereocenters. The fourth-order valence-electron chi connectivity index (χ4n) is 2.66. The molecule has 0 spiro atoms. The second-order valence-corrected chi connectivity index (χ2v) is 8.91. The molecule has 2 aromatic heterocycles. The first-order valence-electron chi connectivity index (χ1n) is 8.60. The first-order valence-corrected chi connectivity index (χ1v) is 11.0. The second kappa shape index (κ2) is 8.75. The highest BCUT2D eigenvalue weighted by molar-refractivity contribution is 9.10. The molecule has 152 valence electrons. The Morgan fingerprint density at radius 2 is 2.03 bits per heavy atom. The molecule has 0 saturated carbocycles. The van der Waals surface area contributed by atoms with Gasteiger partial charge in [0.1, 0.15) is 23.6 Å². The van der Waals surface area contributed by atoms with Gasteiger partial charge in [-0.1, -0.05) is 28.0 Å². The first kappa shape index (κ1) is 21.0. The highest BCUT2D eigenvalue weighted by Crippen LogP contribution is 2.36. The molecule has 1 amide bonds. The van der Waals surface area contributed by atoms with E-state index in [1.807, 2.05) is 0 Å². The fraction of sp³-hybridized carbons (Fsp3) is 0.211. The zero-order valence-corrected chi connectivity index (χ0v) is 18.1. The summed E-state index contributed by atoms with van der Waals surface area (Å²) < 4.78 is 35.9. The Labute approximate surface area is 176 Å². The Kier molecular flexibility index (Phi) is 6.33. The standard InChI is InChI=1S/C19H18BrN3O5S/c1-3-19(24)23(16-10-13(20)4-6-17(16)27-2)18-7-5-15(11-21-18)29(25,26)12-14-8-9-28-22-14/h4-11H,3,12H2,1-2H3. The molecule has 0 radical (unpaired) electrons. The highest BCUT2D eigenvalue weighted by Gasteiger charge is 2.23. The van der Waals surface area contributed by atoms with Crippen LogP contribution < -0.4 is 9.64 Å². The number of benzene rings is 1. The topological polar surface area (TPSA) is 103 Å². The van der Waals surface area contributed by atoms with Gasteiger partial charge in [-0.3, -0.25) is 9.69 Å². The molecule has 0 saturated heterocycles. The SMILES string of the molecule is CCC(=O)N(c1ccc(S(=O)(=O)Cc2ccon2)cn1)c1cc(Br)ccc1OC. The predicted molar refractivity (Wildman–Crippen MR) is 110 cm³/mol. The van der Waals surface area contributed by atoms with E-state index in [0.717, 1.165) is 4.47 Å². The Hall–Kier alpha value is -2.72. The van der Waals surface area contributed by atoms with Gasteiger partial charge in [-0.25, -0.2) is 13.4 Å². The van der Waals surface area contributed by atoms with Crippen molar-refractivity contribution in [2.75, 3.05) is 12.0 Å². The lowest BCUT2D eigenvalue weighted by Crippen LogP contribution is -2.26. The number of aromatic nitrogens is 2. The van der Waals surface area contributed by atoms with Crippen LogP contribution in [0.5, 0.6) is 5.75 Å². The van der Waals surface area contributed by atoms with Crippen molar-refractivity contribution in [1.29, 1.82) is 0 Å². The summed E-state index contributed by atoms with van der Waals surface area (Å²) in [6.07, 6.45) is 2.76. The number of ether oxygens (including phenoxy) is 1. The smallest absolute Gasteiger partial charge is 0.232 e. The number of sulfone groups is 1. The molecular weight excluding hydrogens is 462 g/mol. The molecule has 0 unspecified atom stereocenters. The maximum atomic E-state index is 12.7. The van der Waals surface area contributed by atoms with Crippen LogP contribution in [0.3, 0.4) is 0 Å².